The van der Waals surface area contributed by atoms with Crippen LogP contribution in [-0.4, -0.2) is 30.3 Å². The Morgan fingerprint density at radius 2 is 2.33 bits per heavy atom. The van der Waals surface area contributed by atoms with Crippen molar-refractivity contribution in [3.05, 3.63) is 24.0 Å². The molecular formula is C10H15N3O2. The van der Waals surface area contributed by atoms with E-state index < -0.39 is 0 Å². The van der Waals surface area contributed by atoms with Gasteiger partial charge in [-0.3, -0.25) is 4.68 Å². The minimum Gasteiger partial charge on any atom is -0.354 e. The van der Waals surface area contributed by atoms with Crippen molar-refractivity contribution in [2.24, 2.45) is 0 Å². The monoisotopic (exact) mass is 209 g/mol. The van der Waals surface area contributed by atoms with Crippen molar-refractivity contribution < 1.29 is 9.47 Å². The van der Waals surface area contributed by atoms with Crippen LogP contribution in [0.4, 0.5) is 5.82 Å². The van der Waals surface area contributed by atoms with Crippen LogP contribution in [0.1, 0.15) is 5.56 Å². The fourth-order valence-electron chi connectivity index (χ4n) is 1.55. The molecule has 2 heterocycles. The Kier molecular flexibility index (Phi) is 3.03. The summed E-state index contributed by atoms with van der Waals surface area (Å²) < 4.78 is 12.1. The Morgan fingerprint density at radius 1 is 1.53 bits per heavy atom. The van der Waals surface area contributed by atoms with Gasteiger partial charge >= 0.3 is 0 Å². The van der Waals surface area contributed by atoms with E-state index in [0.717, 1.165) is 12.2 Å². The molecule has 0 bridgehead atoms. The zero-order valence-electron chi connectivity index (χ0n) is 8.93. The SMILES string of the molecule is COC(Cn1cc2c(n1)NC=CC2)OC. The van der Waals surface area contributed by atoms with Gasteiger partial charge in [-0.1, -0.05) is 6.08 Å². The summed E-state index contributed by atoms with van der Waals surface area (Å²) >= 11 is 0. The van der Waals surface area contributed by atoms with Gasteiger partial charge in [0.15, 0.2) is 12.1 Å². The molecule has 0 aromatic carbocycles. The van der Waals surface area contributed by atoms with Gasteiger partial charge in [-0.15, -0.1) is 0 Å². The largest absolute Gasteiger partial charge is 0.354 e. The second kappa shape index (κ2) is 4.46. The lowest BCUT2D eigenvalue weighted by atomic mass is 10.2. The quantitative estimate of drug-likeness (QED) is 0.751. The third-order valence-corrected chi connectivity index (χ3v) is 2.38. The van der Waals surface area contributed by atoms with Gasteiger partial charge in [-0.05, 0) is 12.6 Å². The van der Waals surface area contributed by atoms with E-state index in [0.29, 0.717) is 6.54 Å². The van der Waals surface area contributed by atoms with E-state index in [4.69, 9.17) is 9.47 Å². The van der Waals surface area contributed by atoms with Crippen LogP contribution in [0.3, 0.4) is 0 Å². The lowest BCUT2D eigenvalue weighted by Gasteiger charge is -2.12. The summed E-state index contributed by atoms with van der Waals surface area (Å²) in [6, 6.07) is 0. The smallest absolute Gasteiger partial charge is 0.176 e. The number of hydrogen-bond donors (Lipinski definition) is 1. The highest BCUT2D eigenvalue weighted by atomic mass is 16.7. The van der Waals surface area contributed by atoms with E-state index in [1.807, 2.05) is 17.1 Å². The van der Waals surface area contributed by atoms with E-state index in [1.165, 1.54) is 5.56 Å². The molecule has 0 fully saturated rings. The highest BCUT2D eigenvalue weighted by Crippen LogP contribution is 2.18. The van der Waals surface area contributed by atoms with Gasteiger partial charge in [-0.2, -0.15) is 5.10 Å². The number of anilines is 1. The molecule has 5 heteroatoms. The number of rotatable bonds is 4. The lowest BCUT2D eigenvalue weighted by Crippen LogP contribution is -2.20. The molecule has 5 nitrogen and oxygen atoms in total. The first kappa shape index (κ1) is 10.2. The van der Waals surface area contributed by atoms with Crippen molar-refractivity contribution in [3.63, 3.8) is 0 Å². The molecule has 0 radical (unpaired) electrons. The van der Waals surface area contributed by atoms with E-state index in [1.54, 1.807) is 14.2 Å². The molecule has 0 saturated carbocycles. The molecular weight excluding hydrogens is 194 g/mol. The average Bonchev–Trinajstić information content (AvgIpc) is 2.68. The Balaban J connectivity index is 2.07. The second-order valence-electron chi connectivity index (χ2n) is 3.38. The van der Waals surface area contributed by atoms with Crippen LogP contribution in [0.25, 0.3) is 0 Å². The van der Waals surface area contributed by atoms with Gasteiger partial charge < -0.3 is 14.8 Å². The first-order chi connectivity index (χ1) is 7.33. The number of nitrogens with one attached hydrogen (secondary N) is 1. The third-order valence-electron chi connectivity index (χ3n) is 2.38. The van der Waals surface area contributed by atoms with Gasteiger partial charge in [-0.25, -0.2) is 0 Å². The molecule has 0 amide bonds. The number of hydrogen-bond acceptors (Lipinski definition) is 4. The van der Waals surface area contributed by atoms with Crippen molar-refractivity contribution >= 4 is 5.82 Å². The van der Waals surface area contributed by atoms with Gasteiger partial charge in [0, 0.05) is 26.0 Å². The Bertz CT molecular complexity index is 330. The van der Waals surface area contributed by atoms with E-state index >= 15 is 0 Å². The van der Waals surface area contributed by atoms with Crippen LogP contribution in [-0.2, 0) is 22.4 Å². The van der Waals surface area contributed by atoms with Crippen LogP contribution < -0.4 is 5.32 Å². The molecule has 1 aromatic heterocycles. The Labute approximate surface area is 88.7 Å². The van der Waals surface area contributed by atoms with Crippen LogP contribution in [0.5, 0.6) is 0 Å². The van der Waals surface area contributed by atoms with E-state index in [9.17, 15) is 0 Å². The summed E-state index contributed by atoms with van der Waals surface area (Å²) in [6.45, 7) is 0.599. The van der Waals surface area contributed by atoms with Crippen LogP contribution in [0.2, 0.25) is 0 Å². The molecule has 0 aliphatic carbocycles. The maximum absolute atomic E-state index is 5.12. The van der Waals surface area contributed by atoms with Gasteiger partial charge in [0.25, 0.3) is 0 Å². The van der Waals surface area contributed by atoms with E-state index in [-0.39, 0.29) is 6.29 Å². The highest BCUT2D eigenvalue weighted by molar-refractivity contribution is 5.49. The molecule has 1 N–H and O–H groups in total. The topological polar surface area (TPSA) is 48.3 Å². The molecule has 1 aliphatic heterocycles. The van der Waals surface area contributed by atoms with Crippen molar-refractivity contribution in [3.8, 4) is 0 Å². The van der Waals surface area contributed by atoms with Crippen LogP contribution >= 0.6 is 0 Å². The molecule has 0 spiro atoms. The minimum atomic E-state index is -0.251. The van der Waals surface area contributed by atoms with Crippen molar-refractivity contribution in [1.82, 2.24) is 9.78 Å². The highest BCUT2D eigenvalue weighted by Gasteiger charge is 2.12. The first-order valence-electron chi connectivity index (χ1n) is 4.87. The molecule has 1 aromatic rings. The summed E-state index contributed by atoms with van der Waals surface area (Å²) in [5.41, 5.74) is 1.20. The number of methoxy groups -OCH3 is 2. The minimum absolute atomic E-state index is 0.251. The van der Waals surface area contributed by atoms with Crippen LogP contribution in [0, 0.1) is 0 Å². The second-order valence-corrected chi connectivity index (χ2v) is 3.38. The summed E-state index contributed by atoms with van der Waals surface area (Å²) in [6.07, 6.45) is 6.66. The summed E-state index contributed by atoms with van der Waals surface area (Å²) in [4.78, 5) is 0. The molecule has 1 aliphatic rings. The van der Waals surface area contributed by atoms with Crippen molar-refractivity contribution in [1.29, 1.82) is 0 Å². The summed E-state index contributed by atoms with van der Waals surface area (Å²) in [7, 11) is 3.24. The zero-order valence-corrected chi connectivity index (χ0v) is 8.93. The molecule has 82 valence electrons. The maximum atomic E-state index is 5.12. The average molecular weight is 209 g/mol. The molecule has 0 atom stereocenters. The number of nitrogens with zero attached hydrogens (tertiary/aromatic N) is 2. The fraction of sp³-hybridized carbons (Fsp3) is 0.500. The predicted octanol–water partition coefficient (Wildman–Crippen LogP) is 0.984. The normalized spacial score (nSPS) is 14.1. The Morgan fingerprint density at radius 3 is 3.00 bits per heavy atom. The summed E-state index contributed by atoms with van der Waals surface area (Å²) in [5, 5.41) is 7.48. The molecule has 0 unspecified atom stereocenters. The molecule has 2 rings (SSSR count). The molecule has 15 heavy (non-hydrogen) atoms. The van der Waals surface area contributed by atoms with Gasteiger partial charge in [0.1, 0.15) is 0 Å². The number of ether oxygens (including phenoxy) is 2. The molecule has 0 saturated heterocycles. The lowest BCUT2D eigenvalue weighted by molar-refractivity contribution is -0.112. The van der Waals surface area contributed by atoms with Gasteiger partial charge in [0.2, 0.25) is 0 Å². The number of aromatic nitrogens is 2. The van der Waals surface area contributed by atoms with Crippen molar-refractivity contribution in [2.45, 2.75) is 19.3 Å². The first-order valence-corrected chi connectivity index (χ1v) is 4.87. The standard InChI is InChI=1S/C10H15N3O2/c1-14-9(15-2)7-13-6-8-4-3-5-11-10(8)12-13/h3,5-6,9H,4,7H2,1-2H3,(H,11,12). The van der Waals surface area contributed by atoms with E-state index in [2.05, 4.69) is 16.5 Å². The predicted molar refractivity (Wildman–Crippen MR) is 56.5 cm³/mol. The van der Waals surface area contributed by atoms with Crippen molar-refractivity contribution in [2.75, 3.05) is 19.5 Å². The van der Waals surface area contributed by atoms with Crippen LogP contribution in [0.15, 0.2) is 18.5 Å². The fourth-order valence-corrected chi connectivity index (χ4v) is 1.55. The summed E-state index contributed by atoms with van der Waals surface area (Å²) in [5.74, 6) is 0.920. The number of allylic oxidation sites excluding steroid dienone is 1. The third kappa shape index (κ3) is 2.19. The zero-order chi connectivity index (χ0) is 10.7. The van der Waals surface area contributed by atoms with Gasteiger partial charge in [0.05, 0.1) is 6.54 Å². The number of fused-ring (bicyclic) bond motifs is 1. The Hall–Kier alpha value is -1.33. The maximum Gasteiger partial charge on any atom is 0.176 e.